The summed E-state index contributed by atoms with van der Waals surface area (Å²) in [6.07, 6.45) is 12.9. The summed E-state index contributed by atoms with van der Waals surface area (Å²) in [7, 11) is 0. The van der Waals surface area contributed by atoms with Crippen LogP contribution in [0.1, 0.15) is 76.3 Å². The third-order valence-corrected chi connectivity index (χ3v) is 8.00. The first-order valence-corrected chi connectivity index (χ1v) is 12.9. The minimum absolute atomic E-state index is 1.17. The standard InChI is InChI=1S/C24H30Br2S/c1-3-5-7-9-11-17-13-19-20-14-18(12-10-8-6-4-2)22(26)16-24(20)27-23(19)15-21(17)25/h13-16H,3-12H2,1-2H3. The molecule has 2 aromatic carbocycles. The lowest BCUT2D eigenvalue weighted by atomic mass is 10.0. The molecule has 3 aromatic rings. The van der Waals surface area contributed by atoms with E-state index in [2.05, 4.69) is 70.0 Å². The van der Waals surface area contributed by atoms with Crippen molar-refractivity contribution in [3.8, 4) is 0 Å². The lowest BCUT2D eigenvalue weighted by molar-refractivity contribution is 0.666. The van der Waals surface area contributed by atoms with E-state index in [0.29, 0.717) is 0 Å². The van der Waals surface area contributed by atoms with Gasteiger partial charge in [0.25, 0.3) is 0 Å². The van der Waals surface area contributed by atoms with Gasteiger partial charge >= 0.3 is 0 Å². The Morgan fingerprint density at radius 1 is 0.630 bits per heavy atom. The van der Waals surface area contributed by atoms with Gasteiger partial charge in [-0.1, -0.05) is 84.2 Å². The van der Waals surface area contributed by atoms with Gasteiger partial charge in [-0.05, 0) is 61.1 Å². The molecule has 0 nitrogen and oxygen atoms in total. The van der Waals surface area contributed by atoms with Gasteiger partial charge in [0.2, 0.25) is 0 Å². The van der Waals surface area contributed by atoms with Gasteiger partial charge in [-0.2, -0.15) is 0 Å². The fourth-order valence-electron chi connectivity index (χ4n) is 3.78. The van der Waals surface area contributed by atoms with Crippen LogP contribution in [0.25, 0.3) is 20.2 Å². The summed E-state index contributed by atoms with van der Waals surface area (Å²) in [5.74, 6) is 0. The molecule has 1 aromatic heterocycles. The smallest absolute Gasteiger partial charge is 0.0366 e. The molecule has 0 aliphatic carbocycles. The zero-order valence-electron chi connectivity index (χ0n) is 16.5. The number of hydrogen-bond donors (Lipinski definition) is 0. The molecule has 3 heteroatoms. The van der Waals surface area contributed by atoms with Crippen LogP contribution < -0.4 is 0 Å². The molecular formula is C24H30Br2S. The van der Waals surface area contributed by atoms with Crippen molar-refractivity contribution in [2.75, 3.05) is 0 Å². The van der Waals surface area contributed by atoms with Crippen LogP contribution in [-0.2, 0) is 12.8 Å². The monoisotopic (exact) mass is 508 g/mol. The first kappa shape index (κ1) is 21.3. The zero-order valence-corrected chi connectivity index (χ0v) is 20.5. The molecule has 0 saturated heterocycles. The normalized spacial score (nSPS) is 11.7. The SMILES string of the molecule is CCCCCCc1cc2c(cc1Br)sc1cc(Br)c(CCCCCC)cc12. The largest absolute Gasteiger partial charge is 0.135 e. The second-order valence-electron chi connectivity index (χ2n) is 7.60. The maximum atomic E-state index is 3.82. The van der Waals surface area contributed by atoms with Crippen molar-refractivity contribution >= 4 is 63.4 Å². The number of benzene rings is 2. The van der Waals surface area contributed by atoms with Crippen LogP contribution in [0.4, 0.5) is 0 Å². The number of thiophene rings is 1. The number of hydrogen-bond acceptors (Lipinski definition) is 1. The van der Waals surface area contributed by atoms with Crippen LogP contribution in [0, 0.1) is 0 Å². The summed E-state index contributed by atoms with van der Waals surface area (Å²) in [6, 6.07) is 9.56. The summed E-state index contributed by atoms with van der Waals surface area (Å²) in [5.41, 5.74) is 2.93. The Balaban J connectivity index is 1.89. The van der Waals surface area contributed by atoms with Crippen molar-refractivity contribution in [2.24, 2.45) is 0 Å². The number of rotatable bonds is 10. The van der Waals surface area contributed by atoms with E-state index in [0.717, 1.165) is 0 Å². The van der Waals surface area contributed by atoms with Gasteiger partial charge in [-0.15, -0.1) is 11.3 Å². The summed E-state index contributed by atoms with van der Waals surface area (Å²) in [5, 5.41) is 2.87. The quantitative estimate of drug-likeness (QED) is 0.238. The molecule has 0 saturated carbocycles. The molecule has 1 heterocycles. The molecule has 0 aliphatic heterocycles. The van der Waals surface area contributed by atoms with Crippen molar-refractivity contribution < 1.29 is 0 Å². The summed E-state index contributed by atoms with van der Waals surface area (Å²) < 4.78 is 5.34. The molecule has 0 N–H and O–H groups in total. The Morgan fingerprint density at radius 3 is 1.48 bits per heavy atom. The second kappa shape index (κ2) is 10.4. The molecular weight excluding hydrogens is 480 g/mol. The highest BCUT2D eigenvalue weighted by Gasteiger charge is 2.12. The molecule has 0 aliphatic rings. The third kappa shape index (κ3) is 5.36. The highest BCUT2D eigenvalue weighted by Crippen LogP contribution is 2.40. The Labute approximate surface area is 185 Å². The van der Waals surface area contributed by atoms with Crippen molar-refractivity contribution in [1.82, 2.24) is 0 Å². The van der Waals surface area contributed by atoms with Gasteiger partial charge in [0.1, 0.15) is 0 Å². The van der Waals surface area contributed by atoms with E-state index in [1.54, 1.807) is 0 Å². The van der Waals surface area contributed by atoms with Gasteiger partial charge < -0.3 is 0 Å². The summed E-state index contributed by atoms with van der Waals surface area (Å²) in [6.45, 7) is 4.55. The van der Waals surface area contributed by atoms with Crippen molar-refractivity contribution in [3.63, 3.8) is 0 Å². The third-order valence-electron chi connectivity index (χ3n) is 5.41. The number of fused-ring (bicyclic) bond motifs is 3. The predicted octanol–water partition coefficient (Wildman–Crippen LogP) is 9.83. The predicted molar refractivity (Wildman–Crippen MR) is 130 cm³/mol. The Kier molecular flexibility index (Phi) is 8.23. The van der Waals surface area contributed by atoms with Crippen LogP contribution in [0.15, 0.2) is 33.2 Å². The zero-order chi connectivity index (χ0) is 19.2. The van der Waals surface area contributed by atoms with E-state index in [-0.39, 0.29) is 0 Å². The maximum absolute atomic E-state index is 3.82. The molecule has 0 spiro atoms. The van der Waals surface area contributed by atoms with Gasteiger partial charge in [0.15, 0.2) is 0 Å². The topological polar surface area (TPSA) is 0 Å². The fourth-order valence-corrected chi connectivity index (χ4v) is 6.31. The van der Waals surface area contributed by atoms with E-state index in [1.807, 2.05) is 11.3 Å². The van der Waals surface area contributed by atoms with Crippen LogP contribution in [0.2, 0.25) is 0 Å². The van der Waals surface area contributed by atoms with Crippen LogP contribution >= 0.6 is 43.2 Å². The Morgan fingerprint density at radius 2 is 1.07 bits per heavy atom. The number of unbranched alkanes of at least 4 members (excludes halogenated alkanes) is 6. The van der Waals surface area contributed by atoms with E-state index < -0.39 is 0 Å². The molecule has 0 fully saturated rings. The van der Waals surface area contributed by atoms with E-state index in [9.17, 15) is 0 Å². The minimum atomic E-state index is 1.17. The average Bonchev–Trinajstić information content (AvgIpc) is 2.98. The highest BCUT2D eigenvalue weighted by atomic mass is 79.9. The molecule has 0 amide bonds. The highest BCUT2D eigenvalue weighted by molar-refractivity contribution is 9.10. The van der Waals surface area contributed by atoms with Crippen molar-refractivity contribution in [1.29, 1.82) is 0 Å². The van der Waals surface area contributed by atoms with Gasteiger partial charge in [0.05, 0.1) is 0 Å². The first-order chi connectivity index (χ1) is 13.1. The molecule has 0 bridgehead atoms. The number of halogens is 2. The van der Waals surface area contributed by atoms with Crippen LogP contribution in [0.5, 0.6) is 0 Å². The summed E-state index contributed by atoms with van der Waals surface area (Å²) in [4.78, 5) is 0. The van der Waals surface area contributed by atoms with Crippen LogP contribution in [-0.4, -0.2) is 0 Å². The molecule has 0 unspecified atom stereocenters. The van der Waals surface area contributed by atoms with Gasteiger partial charge in [-0.25, -0.2) is 0 Å². The Hall–Kier alpha value is -0.380. The molecule has 27 heavy (non-hydrogen) atoms. The van der Waals surface area contributed by atoms with Crippen molar-refractivity contribution in [3.05, 3.63) is 44.3 Å². The van der Waals surface area contributed by atoms with Crippen molar-refractivity contribution in [2.45, 2.75) is 78.1 Å². The van der Waals surface area contributed by atoms with E-state index >= 15 is 0 Å². The fraction of sp³-hybridized carbons (Fsp3) is 0.500. The summed E-state index contributed by atoms with van der Waals surface area (Å²) >= 11 is 9.55. The first-order valence-electron chi connectivity index (χ1n) is 10.5. The minimum Gasteiger partial charge on any atom is -0.135 e. The second-order valence-corrected chi connectivity index (χ2v) is 10.4. The molecule has 0 radical (unpaired) electrons. The Bertz CT molecular complexity index is 822. The lowest BCUT2D eigenvalue weighted by Gasteiger charge is -2.07. The number of aryl methyl sites for hydroxylation is 2. The average molecular weight is 510 g/mol. The van der Waals surface area contributed by atoms with Crippen LogP contribution in [0.3, 0.4) is 0 Å². The molecule has 146 valence electrons. The van der Waals surface area contributed by atoms with Gasteiger partial charge in [0, 0.05) is 29.1 Å². The lowest BCUT2D eigenvalue weighted by Crippen LogP contribution is -1.89. The maximum Gasteiger partial charge on any atom is 0.0366 e. The van der Waals surface area contributed by atoms with Gasteiger partial charge in [-0.3, -0.25) is 0 Å². The molecule has 0 atom stereocenters. The van der Waals surface area contributed by atoms with E-state index in [1.165, 1.54) is 104 Å². The van der Waals surface area contributed by atoms with E-state index in [4.69, 9.17) is 0 Å². The molecule has 3 rings (SSSR count).